The normalized spacial score (nSPS) is 23.1. The van der Waals surface area contributed by atoms with Gasteiger partial charge in [0.25, 0.3) is 5.91 Å². The van der Waals surface area contributed by atoms with E-state index < -0.39 is 91.0 Å². The van der Waals surface area contributed by atoms with Crippen molar-refractivity contribution < 1.29 is 43.5 Å². The van der Waals surface area contributed by atoms with Gasteiger partial charge in [-0.05, 0) is 35.9 Å². The Kier molecular flexibility index (Phi) is 13.5. The number of piperazine rings is 1. The Balaban J connectivity index is 1.56. The summed E-state index contributed by atoms with van der Waals surface area (Å²) in [6.45, 7) is 4.03. The lowest BCUT2D eigenvalue weighted by Crippen LogP contribution is -2.60. The minimum absolute atomic E-state index is 0.0865. The van der Waals surface area contributed by atoms with E-state index in [0.717, 1.165) is 17.0 Å². The van der Waals surface area contributed by atoms with Crippen LogP contribution in [-0.4, -0.2) is 115 Å². The number of hydrogen-bond acceptors (Lipinski definition) is 10. The quantitative estimate of drug-likeness (QED) is 0.163. The molecular weight excluding hydrogens is 684 g/mol. The van der Waals surface area contributed by atoms with Crippen LogP contribution < -0.4 is 36.8 Å². The molecule has 51 heavy (non-hydrogen) atoms. The highest BCUT2D eigenvalue weighted by atomic mass is 32.1. The van der Waals surface area contributed by atoms with E-state index in [1.165, 1.54) is 11.0 Å². The van der Waals surface area contributed by atoms with Crippen LogP contribution in [-0.2, 0) is 38.4 Å². The van der Waals surface area contributed by atoms with Crippen molar-refractivity contribution in [3.05, 3.63) is 52.7 Å². The second-order valence-electron chi connectivity index (χ2n) is 12.4. The van der Waals surface area contributed by atoms with Crippen LogP contribution in [0.2, 0.25) is 0 Å². The number of thiophene rings is 1. The Bertz CT molecular complexity index is 1600. The van der Waals surface area contributed by atoms with E-state index in [0.29, 0.717) is 31.1 Å². The molecule has 17 nitrogen and oxygen atoms in total. The fourth-order valence-corrected chi connectivity index (χ4v) is 6.30. The third-order valence-electron chi connectivity index (χ3n) is 8.17. The molecule has 1 aromatic carbocycles. The van der Waals surface area contributed by atoms with E-state index in [-0.39, 0.29) is 12.3 Å². The van der Waals surface area contributed by atoms with Crippen molar-refractivity contribution in [2.45, 2.75) is 50.9 Å². The zero-order valence-electron chi connectivity index (χ0n) is 28.2. The van der Waals surface area contributed by atoms with E-state index >= 15 is 0 Å². The van der Waals surface area contributed by atoms with Crippen molar-refractivity contribution in [2.24, 2.45) is 5.92 Å². The van der Waals surface area contributed by atoms with E-state index in [9.17, 15) is 43.5 Å². The van der Waals surface area contributed by atoms with E-state index in [1.54, 1.807) is 11.4 Å². The molecule has 274 valence electrons. The minimum Gasteiger partial charge on any atom is -0.479 e. The molecule has 7 N–H and O–H groups in total. The zero-order valence-corrected chi connectivity index (χ0v) is 29.0. The molecule has 3 heterocycles. The first kappa shape index (κ1) is 38.3. The number of rotatable bonds is 7. The number of carboxylic acid groups (broad SMARTS) is 1. The van der Waals surface area contributed by atoms with Gasteiger partial charge in [0, 0.05) is 36.7 Å². The van der Waals surface area contributed by atoms with Crippen molar-refractivity contribution in [3.63, 3.8) is 0 Å². The van der Waals surface area contributed by atoms with Crippen LogP contribution in [0.15, 0.2) is 47.8 Å². The van der Waals surface area contributed by atoms with Crippen molar-refractivity contribution in [2.75, 3.05) is 44.2 Å². The van der Waals surface area contributed by atoms with Gasteiger partial charge in [0.15, 0.2) is 0 Å². The predicted molar refractivity (Wildman–Crippen MR) is 184 cm³/mol. The molecule has 2 aliphatic rings. The first-order valence-corrected chi connectivity index (χ1v) is 17.3. The van der Waals surface area contributed by atoms with Crippen LogP contribution in [0.4, 0.5) is 5.69 Å². The van der Waals surface area contributed by atoms with Crippen LogP contribution >= 0.6 is 11.3 Å². The highest BCUT2D eigenvalue weighted by molar-refractivity contribution is 7.10. The van der Waals surface area contributed by atoms with Gasteiger partial charge in [0.2, 0.25) is 41.5 Å². The second kappa shape index (κ2) is 17.9. The SMILES string of the molecule is CC(C)C[C@@H]1NC(=O)[C@@H](c2cccs2)NC(=O)[C@H](C(=O)O)NC(=O)[C@H](CC(=O)N2CCN(c3ccccc3)CC2)NC(=O)CNC(=O)CNC1=O. The lowest BCUT2D eigenvalue weighted by Gasteiger charge is -2.36. The van der Waals surface area contributed by atoms with E-state index in [2.05, 4.69) is 36.8 Å². The molecule has 0 spiro atoms. The molecule has 0 bridgehead atoms. The number of benzene rings is 1. The van der Waals surface area contributed by atoms with Gasteiger partial charge in [0.05, 0.1) is 19.5 Å². The Morgan fingerprint density at radius 2 is 1.45 bits per heavy atom. The molecule has 0 aliphatic carbocycles. The van der Waals surface area contributed by atoms with Crippen molar-refractivity contribution in [1.29, 1.82) is 0 Å². The first-order chi connectivity index (χ1) is 24.3. The summed E-state index contributed by atoms with van der Waals surface area (Å²) in [5, 5.41) is 25.7. The number of aliphatic carboxylic acids is 1. The van der Waals surface area contributed by atoms with Gasteiger partial charge in [-0.15, -0.1) is 11.3 Å². The van der Waals surface area contributed by atoms with Gasteiger partial charge in [-0.2, -0.15) is 0 Å². The molecule has 18 heteroatoms. The van der Waals surface area contributed by atoms with Crippen molar-refractivity contribution in [3.8, 4) is 0 Å². The molecule has 2 saturated heterocycles. The maximum atomic E-state index is 13.5. The third-order valence-corrected chi connectivity index (χ3v) is 9.10. The predicted octanol–water partition coefficient (Wildman–Crippen LogP) is -1.52. The number of carbonyl (C=O) groups is 8. The Labute approximate surface area is 297 Å². The topological polar surface area (TPSA) is 235 Å². The summed E-state index contributed by atoms with van der Waals surface area (Å²) < 4.78 is 0. The lowest BCUT2D eigenvalue weighted by molar-refractivity contribution is -0.147. The molecule has 0 radical (unpaired) electrons. The molecule has 0 saturated carbocycles. The highest BCUT2D eigenvalue weighted by Crippen LogP contribution is 2.21. The van der Waals surface area contributed by atoms with Gasteiger partial charge < -0.3 is 46.8 Å². The second-order valence-corrected chi connectivity index (χ2v) is 13.4. The van der Waals surface area contributed by atoms with Crippen LogP contribution in [0.5, 0.6) is 0 Å². The number of para-hydroxylation sites is 1. The molecule has 1 aromatic heterocycles. The third kappa shape index (κ3) is 11.0. The number of amides is 7. The fraction of sp³-hybridized carbons (Fsp3) is 0.455. The summed E-state index contributed by atoms with van der Waals surface area (Å²) in [7, 11) is 0. The first-order valence-electron chi connectivity index (χ1n) is 16.4. The van der Waals surface area contributed by atoms with Gasteiger partial charge >= 0.3 is 5.97 Å². The summed E-state index contributed by atoms with van der Waals surface area (Å²) >= 11 is 1.08. The van der Waals surface area contributed by atoms with E-state index in [4.69, 9.17) is 0 Å². The Morgan fingerprint density at radius 1 is 0.765 bits per heavy atom. The fourth-order valence-electron chi connectivity index (χ4n) is 5.53. The van der Waals surface area contributed by atoms with Crippen LogP contribution in [0.3, 0.4) is 0 Å². The standard InChI is InChI=1S/C33H42N8O9S/c1-19(2)15-21-29(45)35-17-24(42)34-18-25(43)36-22(16-26(44)41-12-10-40(11-13-41)20-7-4-3-5-8-20)30(46)39-28(33(49)50)32(48)38-27(31(47)37-21)23-9-6-14-51-23/h3-9,14,19,21-22,27-28H,10-13,15-18H2,1-2H3,(H,34,42)(H,35,45)(H,36,43)(H,37,47)(H,38,48)(H,39,46)(H,49,50)/t21-,22-,27+,28+/m0/s1. The molecule has 2 aromatic rings. The van der Waals surface area contributed by atoms with Gasteiger partial charge in [-0.1, -0.05) is 38.1 Å². The number of carboxylic acids is 1. The maximum Gasteiger partial charge on any atom is 0.336 e. The maximum absolute atomic E-state index is 13.5. The molecule has 4 rings (SSSR count). The smallest absolute Gasteiger partial charge is 0.336 e. The molecule has 0 unspecified atom stereocenters. The summed E-state index contributed by atoms with van der Waals surface area (Å²) in [5.41, 5.74) is 0.980. The molecule has 4 atom stereocenters. The average Bonchev–Trinajstić information content (AvgIpc) is 3.64. The molecule has 7 amide bonds. The average molecular weight is 727 g/mol. The van der Waals surface area contributed by atoms with Crippen LogP contribution in [0, 0.1) is 5.92 Å². The van der Waals surface area contributed by atoms with Gasteiger partial charge in [-0.25, -0.2) is 4.79 Å². The van der Waals surface area contributed by atoms with Crippen LogP contribution in [0.1, 0.15) is 37.6 Å². The van der Waals surface area contributed by atoms with Gasteiger partial charge in [0.1, 0.15) is 18.1 Å². The number of carbonyl (C=O) groups excluding carboxylic acids is 7. The highest BCUT2D eigenvalue weighted by Gasteiger charge is 2.37. The lowest BCUT2D eigenvalue weighted by atomic mass is 10.0. The summed E-state index contributed by atoms with van der Waals surface area (Å²) in [5.74, 6) is -7.99. The number of hydrogen-bond donors (Lipinski definition) is 7. The largest absolute Gasteiger partial charge is 0.479 e. The molecular formula is C33H42N8O9S. The number of nitrogens with one attached hydrogen (secondary N) is 6. The van der Waals surface area contributed by atoms with Gasteiger partial charge in [-0.3, -0.25) is 33.6 Å². The summed E-state index contributed by atoms with van der Waals surface area (Å²) in [6.07, 6.45) is -0.429. The van der Waals surface area contributed by atoms with Crippen molar-refractivity contribution >= 4 is 64.3 Å². The molecule has 2 fully saturated rings. The summed E-state index contributed by atoms with van der Waals surface area (Å²) in [6, 6.07) is 6.21. The Hall–Kier alpha value is -5.52. The molecule has 2 aliphatic heterocycles. The monoisotopic (exact) mass is 726 g/mol. The summed E-state index contributed by atoms with van der Waals surface area (Å²) in [4.78, 5) is 109. The number of anilines is 1. The minimum atomic E-state index is -2.25. The number of nitrogens with zero attached hydrogens (tertiary/aromatic N) is 2. The van der Waals surface area contributed by atoms with E-state index in [1.807, 2.05) is 44.2 Å². The van der Waals surface area contributed by atoms with Crippen molar-refractivity contribution in [1.82, 2.24) is 36.8 Å². The Morgan fingerprint density at radius 3 is 2.08 bits per heavy atom. The zero-order chi connectivity index (χ0) is 37.1. The van der Waals surface area contributed by atoms with Crippen LogP contribution in [0.25, 0.3) is 0 Å².